The molecule has 28 heavy (non-hydrogen) atoms. The highest BCUT2D eigenvalue weighted by molar-refractivity contribution is 7.99. The Labute approximate surface area is 169 Å². The summed E-state index contributed by atoms with van der Waals surface area (Å²) in [5, 5.41) is 9.68. The first-order valence-electron chi connectivity index (χ1n) is 9.10. The molecule has 148 valence electrons. The summed E-state index contributed by atoms with van der Waals surface area (Å²) in [5.41, 5.74) is 2.26. The predicted molar refractivity (Wildman–Crippen MR) is 111 cm³/mol. The van der Waals surface area contributed by atoms with Crippen molar-refractivity contribution in [2.45, 2.75) is 18.6 Å². The molecular weight excluding hydrogens is 374 g/mol. The molecule has 0 saturated carbocycles. The maximum atomic E-state index is 5.80. The molecule has 0 spiro atoms. The maximum Gasteiger partial charge on any atom is 0.191 e. The summed E-state index contributed by atoms with van der Waals surface area (Å²) in [6.07, 6.45) is 0. The number of thioether (sulfide) groups is 1. The van der Waals surface area contributed by atoms with E-state index >= 15 is 0 Å². The molecule has 6 nitrogen and oxygen atoms in total. The summed E-state index contributed by atoms with van der Waals surface area (Å²) < 4.78 is 18.3. The van der Waals surface area contributed by atoms with Crippen molar-refractivity contribution >= 4 is 11.8 Å². The van der Waals surface area contributed by atoms with Gasteiger partial charge in [-0.05, 0) is 37.3 Å². The van der Waals surface area contributed by atoms with Crippen molar-refractivity contribution < 1.29 is 14.2 Å². The third-order valence-corrected chi connectivity index (χ3v) is 5.09. The standard InChI is InChI=1S/C21H25N3O3S/c1-16-5-4-6-17(15-16)20-22-23-21(24(20)11-12-25-2)28-14-13-27-19-9-7-18(26-3)8-10-19/h4-10,15H,11-14H2,1-3H3. The van der Waals surface area contributed by atoms with Crippen LogP contribution in [0.4, 0.5) is 0 Å². The molecule has 0 atom stereocenters. The summed E-state index contributed by atoms with van der Waals surface area (Å²) in [6.45, 7) is 3.96. The average molecular weight is 400 g/mol. The van der Waals surface area contributed by atoms with E-state index in [0.717, 1.165) is 33.8 Å². The van der Waals surface area contributed by atoms with Crippen LogP contribution in [0.1, 0.15) is 5.56 Å². The highest BCUT2D eigenvalue weighted by Gasteiger charge is 2.14. The van der Waals surface area contributed by atoms with Crippen LogP contribution in [0.15, 0.2) is 53.7 Å². The van der Waals surface area contributed by atoms with E-state index in [1.807, 2.05) is 30.3 Å². The normalized spacial score (nSPS) is 10.8. The van der Waals surface area contributed by atoms with Gasteiger partial charge in [-0.2, -0.15) is 0 Å². The van der Waals surface area contributed by atoms with E-state index in [-0.39, 0.29) is 0 Å². The topological polar surface area (TPSA) is 58.4 Å². The predicted octanol–water partition coefficient (Wildman–Crippen LogP) is 4.08. The molecule has 0 bridgehead atoms. The molecular formula is C21H25N3O3S. The lowest BCUT2D eigenvalue weighted by Gasteiger charge is -2.10. The molecule has 0 aliphatic heterocycles. The van der Waals surface area contributed by atoms with Crippen molar-refractivity contribution in [3.05, 3.63) is 54.1 Å². The largest absolute Gasteiger partial charge is 0.497 e. The molecule has 3 rings (SSSR count). The highest BCUT2D eigenvalue weighted by Crippen LogP contribution is 2.25. The van der Waals surface area contributed by atoms with Gasteiger partial charge in [0, 0.05) is 18.4 Å². The fraction of sp³-hybridized carbons (Fsp3) is 0.333. The molecule has 2 aromatic carbocycles. The van der Waals surface area contributed by atoms with Gasteiger partial charge in [0.15, 0.2) is 11.0 Å². The van der Waals surface area contributed by atoms with Crippen LogP contribution in [0.2, 0.25) is 0 Å². The number of methoxy groups -OCH3 is 2. The fourth-order valence-electron chi connectivity index (χ4n) is 2.74. The molecule has 0 amide bonds. The Morgan fingerprint density at radius 1 is 0.964 bits per heavy atom. The van der Waals surface area contributed by atoms with Gasteiger partial charge in [-0.15, -0.1) is 10.2 Å². The van der Waals surface area contributed by atoms with Crippen LogP contribution >= 0.6 is 11.8 Å². The molecule has 3 aromatic rings. The third-order valence-electron chi connectivity index (χ3n) is 4.15. The van der Waals surface area contributed by atoms with E-state index in [0.29, 0.717) is 19.8 Å². The van der Waals surface area contributed by atoms with Crippen molar-refractivity contribution in [2.75, 3.05) is 33.2 Å². The smallest absolute Gasteiger partial charge is 0.191 e. The molecule has 1 aromatic heterocycles. The van der Waals surface area contributed by atoms with Gasteiger partial charge in [-0.25, -0.2) is 0 Å². The Morgan fingerprint density at radius 3 is 2.46 bits per heavy atom. The monoisotopic (exact) mass is 399 g/mol. The lowest BCUT2D eigenvalue weighted by Crippen LogP contribution is -2.08. The van der Waals surface area contributed by atoms with Crippen LogP contribution in [0.3, 0.4) is 0 Å². The Morgan fingerprint density at radius 2 is 1.75 bits per heavy atom. The first kappa shape index (κ1) is 20.2. The van der Waals surface area contributed by atoms with Gasteiger partial charge in [-0.1, -0.05) is 35.5 Å². The zero-order chi connectivity index (χ0) is 19.8. The lowest BCUT2D eigenvalue weighted by atomic mass is 10.1. The molecule has 0 N–H and O–H groups in total. The Hall–Kier alpha value is -2.51. The van der Waals surface area contributed by atoms with Crippen molar-refractivity contribution in [2.24, 2.45) is 0 Å². The fourth-order valence-corrected chi connectivity index (χ4v) is 3.52. The number of aromatic nitrogens is 3. The minimum atomic E-state index is 0.577. The summed E-state index contributed by atoms with van der Waals surface area (Å²) in [5.74, 6) is 3.27. The second-order valence-corrected chi connectivity index (χ2v) is 7.25. The molecule has 0 fully saturated rings. The number of hydrogen-bond donors (Lipinski definition) is 0. The third kappa shape index (κ3) is 5.27. The molecule has 7 heteroatoms. The summed E-state index contributed by atoms with van der Waals surface area (Å²) >= 11 is 1.63. The molecule has 0 unspecified atom stereocenters. The minimum absolute atomic E-state index is 0.577. The molecule has 0 saturated heterocycles. The van der Waals surface area contributed by atoms with Crippen molar-refractivity contribution in [1.29, 1.82) is 0 Å². The van der Waals surface area contributed by atoms with Gasteiger partial charge < -0.3 is 14.2 Å². The van der Waals surface area contributed by atoms with E-state index in [1.54, 1.807) is 26.0 Å². The van der Waals surface area contributed by atoms with Gasteiger partial charge in [0.1, 0.15) is 11.5 Å². The highest BCUT2D eigenvalue weighted by atomic mass is 32.2. The number of ether oxygens (including phenoxy) is 3. The van der Waals surface area contributed by atoms with E-state index < -0.39 is 0 Å². The Kier molecular flexibility index (Phi) is 7.33. The molecule has 0 aliphatic carbocycles. The summed E-state index contributed by atoms with van der Waals surface area (Å²) in [7, 11) is 3.35. The van der Waals surface area contributed by atoms with Crippen LogP contribution in [-0.2, 0) is 11.3 Å². The maximum absolute atomic E-state index is 5.80. The first-order chi connectivity index (χ1) is 13.7. The van der Waals surface area contributed by atoms with Crippen LogP contribution in [0.25, 0.3) is 11.4 Å². The molecule has 1 heterocycles. The van der Waals surface area contributed by atoms with E-state index in [2.05, 4.69) is 39.9 Å². The summed E-state index contributed by atoms with van der Waals surface area (Å²) in [4.78, 5) is 0. The average Bonchev–Trinajstić information content (AvgIpc) is 3.12. The van der Waals surface area contributed by atoms with E-state index in [9.17, 15) is 0 Å². The zero-order valence-electron chi connectivity index (χ0n) is 16.4. The Bertz CT molecular complexity index is 881. The van der Waals surface area contributed by atoms with Gasteiger partial charge in [0.05, 0.1) is 26.9 Å². The Balaban J connectivity index is 1.64. The first-order valence-corrected chi connectivity index (χ1v) is 10.1. The number of aryl methyl sites for hydroxylation is 1. The second kappa shape index (κ2) is 10.1. The van der Waals surface area contributed by atoms with Crippen LogP contribution < -0.4 is 9.47 Å². The quantitative estimate of drug-likeness (QED) is 0.378. The minimum Gasteiger partial charge on any atom is -0.497 e. The van der Waals surface area contributed by atoms with E-state index in [1.165, 1.54) is 5.56 Å². The zero-order valence-corrected chi connectivity index (χ0v) is 17.2. The number of nitrogens with zero attached hydrogens (tertiary/aromatic N) is 3. The number of hydrogen-bond acceptors (Lipinski definition) is 6. The van der Waals surface area contributed by atoms with Crippen molar-refractivity contribution in [1.82, 2.24) is 14.8 Å². The molecule has 0 radical (unpaired) electrons. The summed E-state index contributed by atoms with van der Waals surface area (Å²) in [6, 6.07) is 15.9. The number of rotatable bonds is 10. The van der Waals surface area contributed by atoms with Crippen molar-refractivity contribution in [3.63, 3.8) is 0 Å². The van der Waals surface area contributed by atoms with Crippen LogP contribution in [0, 0.1) is 6.92 Å². The van der Waals surface area contributed by atoms with Gasteiger partial charge in [0.2, 0.25) is 0 Å². The van der Waals surface area contributed by atoms with Crippen molar-refractivity contribution in [3.8, 4) is 22.9 Å². The van der Waals surface area contributed by atoms with Gasteiger partial charge >= 0.3 is 0 Å². The van der Waals surface area contributed by atoms with Gasteiger partial charge in [0.25, 0.3) is 0 Å². The SMILES string of the molecule is COCCn1c(SCCOc2ccc(OC)cc2)nnc1-c1cccc(C)c1. The second-order valence-electron chi connectivity index (χ2n) is 6.19. The molecule has 0 aliphatic rings. The van der Waals surface area contributed by atoms with E-state index in [4.69, 9.17) is 14.2 Å². The number of benzene rings is 2. The van der Waals surface area contributed by atoms with Gasteiger partial charge in [-0.3, -0.25) is 4.57 Å². The lowest BCUT2D eigenvalue weighted by molar-refractivity contribution is 0.185. The van der Waals surface area contributed by atoms with Crippen LogP contribution in [0.5, 0.6) is 11.5 Å². The van der Waals surface area contributed by atoms with Crippen LogP contribution in [-0.4, -0.2) is 48.0 Å².